The van der Waals surface area contributed by atoms with Crippen LogP contribution in [0.15, 0.2) is 18.2 Å². The first kappa shape index (κ1) is 31.4. The molecule has 2 saturated heterocycles. The first-order chi connectivity index (χ1) is 19.4. The summed E-state index contributed by atoms with van der Waals surface area (Å²) in [6.45, 7) is 15.7. The van der Waals surface area contributed by atoms with Gasteiger partial charge in [-0.15, -0.1) is 10.2 Å². The molecule has 1 aromatic carbocycles. The molecule has 0 N–H and O–H groups in total. The van der Waals surface area contributed by atoms with Crippen LogP contribution in [-0.4, -0.2) is 101 Å². The Morgan fingerprint density at radius 2 is 1.90 bits per heavy atom. The average Bonchev–Trinajstić information content (AvgIpc) is 3.33. The standard InChI is InChI=1S/C30H45ClFN7O2/c1-8-39(21(4)5)28(40)23-16-22(32)11-12-25(23)41-27-26(33-29(31)35-34-27)37-15-13-30(17-37)18-38(19-30)24(20(2)3)10-9-14-36(6)7/h11-12,16,20-21,24H,8-10,13-15,17-19H2,1-7H3/t24-/m1/s1. The summed E-state index contributed by atoms with van der Waals surface area (Å²) >= 11 is 6.20. The van der Waals surface area contributed by atoms with Crippen molar-refractivity contribution in [3.63, 3.8) is 0 Å². The van der Waals surface area contributed by atoms with Gasteiger partial charge in [-0.05, 0) is 96.4 Å². The van der Waals surface area contributed by atoms with E-state index in [1.54, 1.807) is 4.90 Å². The Hall–Kier alpha value is -2.56. The molecule has 41 heavy (non-hydrogen) atoms. The van der Waals surface area contributed by atoms with Crippen LogP contribution in [0.1, 0.15) is 64.2 Å². The Kier molecular flexibility index (Phi) is 10.1. The molecule has 2 aromatic rings. The van der Waals surface area contributed by atoms with Crippen molar-refractivity contribution in [2.45, 2.75) is 66.0 Å². The van der Waals surface area contributed by atoms with E-state index in [2.05, 4.69) is 57.8 Å². The molecule has 2 fully saturated rings. The summed E-state index contributed by atoms with van der Waals surface area (Å²) in [5.41, 5.74) is 0.309. The van der Waals surface area contributed by atoms with Gasteiger partial charge in [0.15, 0.2) is 5.82 Å². The lowest BCUT2D eigenvalue weighted by atomic mass is 9.76. The molecule has 0 radical (unpaired) electrons. The summed E-state index contributed by atoms with van der Waals surface area (Å²) in [6, 6.07) is 4.45. The number of hydrogen-bond donors (Lipinski definition) is 0. The van der Waals surface area contributed by atoms with Crippen molar-refractivity contribution in [2.24, 2.45) is 11.3 Å². The van der Waals surface area contributed by atoms with Crippen LogP contribution < -0.4 is 9.64 Å². The van der Waals surface area contributed by atoms with E-state index in [-0.39, 0.29) is 39.8 Å². The highest BCUT2D eigenvalue weighted by molar-refractivity contribution is 6.28. The molecule has 1 spiro atoms. The van der Waals surface area contributed by atoms with Crippen LogP contribution >= 0.6 is 11.6 Å². The molecule has 0 unspecified atom stereocenters. The number of likely N-dealkylation sites (tertiary alicyclic amines) is 1. The Balaban J connectivity index is 1.51. The van der Waals surface area contributed by atoms with Gasteiger partial charge in [0.2, 0.25) is 5.28 Å². The molecule has 2 aliphatic heterocycles. The number of nitrogens with zero attached hydrogens (tertiary/aromatic N) is 7. The van der Waals surface area contributed by atoms with Gasteiger partial charge in [-0.1, -0.05) is 13.8 Å². The van der Waals surface area contributed by atoms with E-state index in [0.29, 0.717) is 24.3 Å². The van der Waals surface area contributed by atoms with Crippen molar-refractivity contribution in [1.29, 1.82) is 0 Å². The molecule has 11 heteroatoms. The first-order valence-electron chi connectivity index (χ1n) is 14.8. The van der Waals surface area contributed by atoms with Crippen molar-refractivity contribution in [1.82, 2.24) is 29.9 Å². The molecule has 0 bridgehead atoms. The molecule has 1 atom stereocenters. The number of rotatable bonds is 12. The van der Waals surface area contributed by atoms with Gasteiger partial charge in [-0.3, -0.25) is 9.69 Å². The van der Waals surface area contributed by atoms with E-state index >= 15 is 0 Å². The number of amides is 1. The fourth-order valence-corrected chi connectivity index (χ4v) is 6.42. The van der Waals surface area contributed by atoms with Crippen LogP contribution in [-0.2, 0) is 0 Å². The monoisotopic (exact) mass is 589 g/mol. The lowest BCUT2D eigenvalue weighted by molar-refractivity contribution is -0.0343. The zero-order chi connectivity index (χ0) is 29.9. The second-order valence-electron chi connectivity index (χ2n) is 12.5. The van der Waals surface area contributed by atoms with E-state index in [1.165, 1.54) is 31.0 Å². The SMILES string of the molecule is CCN(C(=O)c1cc(F)ccc1Oc1nnc(Cl)nc1N1CCC2(C1)CN([C@H](CCCN(C)C)C(C)C)C2)C(C)C. The minimum absolute atomic E-state index is 0.0247. The van der Waals surface area contributed by atoms with E-state index in [9.17, 15) is 9.18 Å². The molecule has 1 amide bonds. The predicted octanol–water partition coefficient (Wildman–Crippen LogP) is 5.21. The van der Waals surface area contributed by atoms with Crippen LogP contribution in [0.5, 0.6) is 11.6 Å². The topological polar surface area (TPSA) is 77.9 Å². The Bertz CT molecular complexity index is 1210. The summed E-state index contributed by atoms with van der Waals surface area (Å²) in [5, 5.41) is 8.15. The van der Waals surface area contributed by atoms with Crippen molar-refractivity contribution in [3.8, 4) is 11.6 Å². The van der Waals surface area contributed by atoms with Crippen molar-refractivity contribution in [3.05, 3.63) is 34.9 Å². The summed E-state index contributed by atoms with van der Waals surface area (Å²) in [4.78, 5) is 26.5. The molecule has 1 aromatic heterocycles. The van der Waals surface area contributed by atoms with Gasteiger partial charge in [-0.25, -0.2) is 4.39 Å². The normalized spacial score (nSPS) is 17.5. The van der Waals surface area contributed by atoms with Crippen LogP contribution in [0.3, 0.4) is 0 Å². The largest absolute Gasteiger partial charge is 0.434 e. The lowest BCUT2D eigenvalue weighted by Gasteiger charge is -2.53. The van der Waals surface area contributed by atoms with Crippen molar-refractivity contribution in [2.75, 3.05) is 58.3 Å². The number of anilines is 1. The second-order valence-corrected chi connectivity index (χ2v) is 12.8. The Labute approximate surface area is 249 Å². The first-order valence-corrected chi connectivity index (χ1v) is 15.1. The number of hydrogen-bond acceptors (Lipinski definition) is 8. The van der Waals surface area contributed by atoms with E-state index in [0.717, 1.165) is 39.1 Å². The molecule has 226 valence electrons. The lowest BCUT2D eigenvalue weighted by Crippen LogP contribution is -2.62. The highest BCUT2D eigenvalue weighted by Crippen LogP contribution is 2.45. The highest BCUT2D eigenvalue weighted by atomic mass is 35.5. The number of carbonyl (C=O) groups is 1. The number of halogens is 2. The van der Waals surface area contributed by atoms with Crippen molar-refractivity contribution >= 4 is 23.3 Å². The number of carbonyl (C=O) groups excluding carboxylic acids is 1. The number of ether oxygens (including phenoxy) is 1. The van der Waals surface area contributed by atoms with E-state index < -0.39 is 5.82 Å². The molecule has 0 saturated carbocycles. The predicted molar refractivity (Wildman–Crippen MR) is 160 cm³/mol. The van der Waals surface area contributed by atoms with E-state index in [4.69, 9.17) is 16.3 Å². The van der Waals surface area contributed by atoms with Gasteiger partial charge < -0.3 is 19.4 Å². The van der Waals surface area contributed by atoms with Crippen LogP contribution in [0.25, 0.3) is 0 Å². The Morgan fingerprint density at radius 1 is 1.17 bits per heavy atom. The molecule has 2 aliphatic rings. The molecular formula is C30H45ClFN7O2. The number of aromatic nitrogens is 3. The Morgan fingerprint density at radius 3 is 2.54 bits per heavy atom. The zero-order valence-corrected chi connectivity index (χ0v) is 26.3. The fourth-order valence-electron chi connectivity index (χ4n) is 6.30. The summed E-state index contributed by atoms with van der Waals surface area (Å²) in [7, 11) is 4.26. The van der Waals surface area contributed by atoms with Gasteiger partial charge in [0, 0.05) is 50.2 Å². The fraction of sp³-hybridized carbons (Fsp3) is 0.667. The van der Waals surface area contributed by atoms with E-state index in [1.807, 2.05) is 20.8 Å². The minimum atomic E-state index is -0.515. The maximum atomic E-state index is 14.3. The molecule has 4 rings (SSSR count). The minimum Gasteiger partial charge on any atom is -0.434 e. The van der Waals surface area contributed by atoms with Crippen LogP contribution in [0.4, 0.5) is 10.2 Å². The van der Waals surface area contributed by atoms with Gasteiger partial charge in [0.25, 0.3) is 11.8 Å². The highest BCUT2D eigenvalue weighted by Gasteiger charge is 2.50. The molecular weight excluding hydrogens is 545 g/mol. The third kappa shape index (κ3) is 7.27. The third-order valence-corrected chi connectivity index (χ3v) is 8.54. The van der Waals surface area contributed by atoms with Crippen LogP contribution in [0.2, 0.25) is 5.28 Å². The van der Waals surface area contributed by atoms with Crippen LogP contribution in [0, 0.1) is 17.2 Å². The maximum Gasteiger partial charge on any atom is 0.282 e. The summed E-state index contributed by atoms with van der Waals surface area (Å²) < 4.78 is 20.4. The summed E-state index contributed by atoms with van der Waals surface area (Å²) in [6.07, 6.45) is 3.43. The van der Waals surface area contributed by atoms with Crippen molar-refractivity contribution < 1.29 is 13.9 Å². The molecule has 3 heterocycles. The summed E-state index contributed by atoms with van der Waals surface area (Å²) in [5.74, 6) is 0.623. The smallest absolute Gasteiger partial charge is 0.282 e. The molecule has 0 aliphatic carbocycles. The van der Waals surface area contributed by atoms with Gasteiger partial charge in [-0.2, -0.15) is 4.98 Å². The number of benzene rings is 1. The van der Waals surface area contributed by atoms with Gasteiger partial charge in [0.1, 0.15) is 11.6 Å². The third-order valence-electron chi connectivity index (χ3n) is 8.37. The zero-order valence-electron chi connectivity index (χ0n) is 25.5. The van der Waals surface area contributed by atoms with Gasteiger partial charge in [0.05, 0.1) is 5.56 Å². The van der Waals surface area contributed by atoms with Gasteiger partial charge >= 0.3 is 0 Å². The molecule has 9 nitrogen and oxygen atoms in total. The average molecular weight is 590 g/mol. The maximum absolute atomic E-state index is 14.3. The second kappa shape index (κ2) is 13.2. The quantitative estimate of drug-likeness (QED) is 0.334.